The van der Waals surface area contributed by atoms with E-state index in [4.69, 9.17) is 4.74 Å². The highest BCUT2D eigenvalue weighted by Gasteiger charge is 2.05. The van der Waals surface area contributed by atoms with Gasteiger partial charge in [-0.1, -0.05) is 6.92 Å². The van der Waals surface area contributed by atoms with Crippen LogP contribution < -0.4 is 10.1 Å². The van der Waals surface area contributed by atoms with Crippen LogP contribution >= 0.6 is 0 Å². The minimum Gasteiger partial charge on any atom is -0.491 e. The van der Waals surface area contributed by atoms with Gasteiger partial charge in [-0.15, -0.1) is 0 Å². The highest BCUT2D eigenvalue weighted by Crippen LogP contribution is 2.20. The van der Waals surface area contributed by atoms with Crippen LogP contribution in [0.3, 0.4) is 0 Å². The number of hydrogen-bond acceptors (Lipinski definition) is 3. The highest BCUT2D eigenvalue weighted by molar-refractivity contribution is 5.76. The van der Waals surface area contributed by atoms with Gasteiger partial charge < -0.3 is 15.0 Å². The van der Waals surface area contributed by atoms with Crippen molar-refractivity contribution in [1.82, 2.24) is 15.3 Å². The van der Waals surface area contributed by atoms with Crippen molar-refractivity contribution in [1.29, 1.82) is 0 Å². The van der Waals surface area contributed by atoms with Gasteiger partial charge in [-0.2, -0.15) is 0 Å². The summed E-state index contributed by atoms with van der Waals surface area (Å²) >= 11 is 0. The Kier molecular flexibility index (Phi) is 4.20. The van der Waals surface area contributed by atoms with Gasteiger partial charge >= 0.3 is 0 Å². The molecule has 0 amide bonds. The molecular weight excluding hydrogens is 226 g/mol. The number of benzene rings is 1. The molecule has 1 aromatic heterocycles. The number of aromatic amines is 1. The maximum atomic E-state index is 5.67. The predicted molar refractivity (Wildman–Crippen MR) is 74.1 cm³/mol. The maximum Gasteiger partial charge on any atom is 0.121 e. The van der Waals surface area contributed by atoms with Crippen LogP contribution in [-0.2, 0) is 6.42 Å². The molecular formula is C14H21N3O. The van der Waals surface area contributed by atoms with Crippen molar-refractivity contribution in [3.63, 3.8) is 0 Å². The first kappa shape index (κ1) is 12.9. The maximum absolute atomic E-state index is 5.67. The van der Waals surface area contributed by atoms with Gasteiger partial charge in [0.2, 0.25) is 0 Å². The van der Waals surface area contributed by atoms with E-state index in [2.05, 4.69) is 22.2 Å². The van der Waals surface area contributed by atoms with Gasteiger partial charge in [0.1, 0.15) is 11.6 Å². The van der Waals surface area contributed by atoms with E-state index in [0.29, 0.717) is 0 Å². The molecule has 18 heavy (non-hydrogen) atoms. The monoisotopic (exact) mass is 247 g/mol. The molecule has 0 bridgehead atoms. The first-order chi connectivity index (χ1) is 8.69. The zero-order valence-electron chi connectivity index (χ0n) is 11.3. The molecule has 2 aromatic rings. The summed E-state index contributed by atoms with van der Waals surface area (Å²) in [5.74, 6) is 1.91. The fourth-order valence-electron chi connectivity index (χ4n) is 1.89. The van der Waals surface area contributed by atoms with E-state index in [1.54, 1.807) is 0 Å². The third-order valence-corrected chi connectivity index (χ3v) is 2.66. The third-order valence-electron chi connectivity index (χ3n) is 2.66. The van der Waals surface area contributed by atoms with Crippen molar-refractivity contribution in [2.45, 2.75) is 33.3 Å². The number of hydrogen-bond donors (Lipinski definition) is 2. The zero-order chi connectivity index (χ0) is 13.0. The number of likely N-dealkylation sites (N-methyl/N-ethyl adjacent to an activating group) is 1. The molecule has 4 heteroatoms. The second-order valence-corrected chi connectivity index (χ2v) is 4.63. The molecule has 2 rings (SSSR count). The Morgan fingerprint density at radius 3 is 2.94 bits per heavy atom. The van der Waals surface area contributed by atoms with Gasteiger partial charge in [-0.25, -0.2) is 4.98 Å². The molecule has 0 fully saturated rings. The molecule has 0 aliphatic rings. The second-order valence-electron chi connectivity index (χ2n) is 4.63. The van der Waals surface area contributed by atoms with Crippen LogP contribution in [0.2, 0.25) is 0 Å². The molecule has 0 saturated heterocycles. The Hall–Kier alpha value is -1.55. The fraction of sp³-hybridized carbons (Fsp3) is 0.500. The van der Waals surface area contributed by atoms with Crippen molar-refractivity contribution in [3.05, 3.63) is 24.0 Å². The number of H-pyrrole nitrogens is 1. The number of rotatable bonds is 6. The van der Waals surface area contributed by atoms with E-state index >= 15 is 0 Å². The highest BCUT2D eigenvalue weighted by atomic mass is 16.5. The van der Waals surface area contributed by atoms with E-state index in [9.17, 15) is 0 Å². The molecule has 0 unspecified atom stereocenters. The van der Waals surface area contributed by atoms with Crippen molar-refractivity contribution in [2.24, 2.45) is 0 Å². The first-order valence-electron chi connectivity index (χ1n) is 6.55. The smallest absolute Gasteiger partial charge is 0.121 e. The Morgan fingerprint density at radius 1 is 1.39 bits per heavy atom. The summed E-state index contributed by atoms with van der Waals surface area (Å²) in [5.41, 5.74) is 2.04. The Morgan fingerprint density at radius 2 is 2.22 bits per heavy atom. The summed E-state index contributed by atoms with van der Waals surface area (Å²) in [6, 6.07) is 5.98. The van der Waals surface area contributed by atoms with E-state index in [0.717, 1.165) is 42.1 Å². The van der Waals surface area contributed by atoms with Crippen LogP contribution in [-0.4, -0.2) is 29.2 Å². The molecule has 2 N–H and O–H groups in total. The van der Waals surface area contributed by atoms with E-state index < -0.39 is 0 Å². The molecule has 0 aliphatic carbocycles. The van der Waals surface area contributed by atoms with Gasteiger partial charge in [0.25, 0.3) is 0 Å². The molecule has 1 heterocycles. The summed E-state index contributed by atoms with van der Waals surface area (Å²) in [7, 11) is 0. The van der Waals surface area contributed by atoms with Crippen LogP contribution in [0, 0.1) is 0 Å². The summed E-state index contributed by atoms with van der Waals surface area (Å²) in [6.07, 6.45) is 1.11. The molecule has 98 valence electrons. The second kappa shape index (κ2) is 5.87. The summed E-state index contributed by atoms with van der Waals surface area (Å²) in [5, 5.41) is 3.29. The first-order valence-corrected chi connectivity index (χ1v) is 6.55. The largest absolute Gasteiger partial charge is 0.491 e. The minimum absolute atomic E-state index is 0.193. The quantitative estimate of drug-likeness (QED) is 0.771. The normalized spacial score (nSPS) is 11.3. The number of ether oxygens (including phenoxy) is 1. The zero-order valence-corrected chi connectivity index (χ0v) is 11.3. The average molecular weight is 247 g/mol. The lowest BCUT2D eigenvalue weighted by molar-refractivity contribution is 0.242. The van der Waals surface area contributed by atoms with Crippen molar-refractivity contribution in [3.8, 4) is 5.75 Å². The Bertz CT molecular complexity index is 505. The van der Waals surface area contributed by atoms with Gasteiger partial charge in [0, 0.05) is 19.0 Å². The average Bonchev–Trinajstić information content (AvgIpc) is 2.70. The Balaban J connectivity index is 2.12. The molecule has 0 spiro atoms. The predicted octanol–water partition coefficient (Wildman–Crippen LogP) is 2.50. The van der Waals surface area contributed by atoms with E-state index in [1.165, 1.54) is 0 Å². The van der Waals surface area contributed by atoms with Gasteiger partial charge in [0.15, 0.2) is 0 Å². The van der Waals surface area contributed by atoms with Crippen LogP contribution in [0.5, 0.6) is 5.75 Å². The van der Waals surface area contributed by atoms with Crippen LogP contribution in [0.15, 0.2) is 18.2 Å². The molecule has 0 saturated carbocycles. The number of aromatic nitrogens is 2. The number of imidazole rings is 1. The van der Waals surface area contributed by atoms with Gasteiger partial charge in [-0.05, 0) is 32.5 Å². The molecule has 1 aromatic carbocycles. The van der Waals surface area contributed by atoms with Crippen molar-refractivity contribution >= 4 is 11.0 Å². The van der Waals surface area contributed by atoms with Gasteiger partial charge in [-0.3, -0.25) is 0 Å². The lowest BCUT2D eigenvalue weighted by Crippen LogP contribution is -2.16. The van der Waals surface area contributed by atoms with E-state index in [-0.39, 0.29) is 6.10 Å². The van der Waals surface area contributed by atoms with Crippen LogP contribution in [0.25, 0.3) is 11.0 Å². The number of nitrogens with one attached hydrogen (secondary N) is 2. The summed E-state index contributed by atoms with van der Waals surface area (Å²) in [4.78, 5) is 7.89. The topological polar surface area (TPSA) is 49.9 Å². The van der Waals surface area contributed by atoms with Crippen molar-refractivity contribution in [2.75, 3.05) is 13.1 Å². The van der Waals surface area contributed by atoms with E-state index in [1.807, 2.05) is 32.0 Å². The molecule has 0 aliphatic heterocycles. The van der Waals surface area contributed by atoms with Crippen LogP contribution in [0.4, 0.5) is 0 Å². The lowest BCUT2D eigenvalue weighted by Gasteiger charge is -2.08. The Labute approximate surface area is 108 Å². The third kappa shape index (κ3) is 3.23. The number of nitrogens with zero attached hydrogens (tertiary/aromatic N) is 1. The number of fused-ring (bicyclic) bond motifs is 1. The van der Waals surface area contributed by atoms with Gasteiger partial charge in [0.05, 0.1) is 17.1 Å². The van der Waals surface area contributed by atoms with Crippen molar-refractivity contribution < 1.29 is 4.74 Å². The standard InChI is InChI=1S/C14H21N3O/c1-4-15-8-7-14-16-12-6-5-11(18-10(2)3)9-13(12)17-14/h5-6,9-10,15H,4,7-8H2,1-3H3,(H,16,17). The molecule has 0 radical (unpaired) electrons. The van der Waals surface area contributed by atoms with Crippen LogP contribution in [0.1, 0.15) is 26.6 Å². The SMILES string of the molecule is CCNCCc1nc2ccc(OC(C)C)cc2[nH]1. The summed E-state index contributed by atoms with van der Waals surface area (Å²) in [6.45, 7) is 8.10. The molecule has 0 atom stereocenters. The molecule has 4 nitrogen and oxygen atoms in total. The summed E-state index contributed by atoms with van der Waals surface area (Å²) < 4.78 is 5.67. The lowest BCUT2D eigenvalue weighted by atomic mass is 10.3. The fourth-order valence-corrected chi connectivity index (χ4v) is 1.89. The minimum atomic E-state index is 0.193.